The van der Waals surface area contributed by atoms with Gasteiger partial charge < -0.3 is 10.1 Å². The smallest absolute Gasteiger partial charge is 0.356 e. The van der Waals surface area contributed by atoms with E-state index in [4.69, 9.17) is 0 Å². The highest BCUT2D eigenvalue weighted by molar-refractivity contribution is 7.90. The van der Waals surface area contributed by atoms with Crippen LogP contribution in [0.3, 0.4) is 0 Å². The van der Waals surface area contributed by atoms with Crippen LogP contribution in [-0.2, 0) is 21.2 Å². The molecule has 0 saturated heterocycles. The monoisotopic (exact) mass is 481 g/mol. The van der Waals surface area contributed by atoms with Crippen LogP contribution in [-0.4, -0.2) is 44.8 Å². The molecule has 2 aromatic carbocycles. The van der Waals surface area contributed by atoms with Gasteiger partial charge in [0.1, 0.15) is 5.69 Å². The maximum atomic E-state index is 12.7. The van der Waals surface area contributed by atoms with Gasteiger partial charge >= 0.3 is 5.97 Å². The molecule has 0 atom stereocenters. The largest absolute Gasteiger partial charge is 0.464 e. The minimum absolute atomic E-state index is 0.0237. The van der Waals surface area contributed by atoms with Crippen molar-refractivity contribution in [3.8, 4) is 0 Å². The van der Waals surface area contributed by atoms with Crippen molar-refractivity contribution < 1.29 is 27.5 Å². The molecule has 3 aromatic rings. The number of carbonyl (C=O) groups excluding carboxylic acids is 3. The molecule has 1 aromatic heterocycles. The van der Waals surface area contributed by atoms with Crippen LogP contribution in [0.4, 0.5) is 0 Å². The van der Waals surface area contributed by atoms with Crippen LogP contribution in [0.1, 0.15) is 43.2 Å². The van der Waals surface area contributed by atoms with Gasteiger partial charge in [0.25, 0.3) is 21.8 Å². The molecule has 0 saturated carbocycles. The van der Waals surface area contributed by atoms with E-state index in [1.165, 1.54) is 43.5 Å². The SMILES string of the molecule is COC(=O)c1ccc(C(=O)NS(=O)(=O)c2cccc(C(=O)NCCCc3ccccc3)c2)cn1. The summed E-state index contributed by atoms with van der Waals surface area (Å²) in [6, 6.07) is 17.7. The number of aromatic nitrogens is 1. The third kappa shape index (κ3) is 6.48. The Labute approximate surface area is 197 Å². The number of benzene rings is 2. The summed E-state index contributed by atoms with van der Waals surface area (Å²) in [7, 11) is -3.06. The van der Waals surface area contributed by atoms with E-state index in [0.29, 0.717) is 6.54 Å². The zero-order valence-electron chi connectivity index (χ0n) is 18.4. The Balaban J connectivity index is 1.61. The molecular formula is C24H23N3O6S. The minimum Gasteiger partial charge on any atom is -0.464 e. The average molecular weight is 482 g/mol. The van der Waals surface area contributed by atoms with Gasteiger partial charge in [0.2, 0.25) is 0 Å². The molecule has 0 radical (unpaired) electrons. The zero-order chi connectivity index (χ0) is 24.6. The molecule has 176 valence electrons. The second-order valence-corrected chi connectivity index (χ2v) is 8.91. The van der Waals surface area contributed by atoms with Crippen LogP contribution in [0, 0.1) is 0 Å². The van der Waals surface area contributed by atoms with Crippen LogP contribution in [0.5, 0.6) is 0 Å². The molecule has 2 amide bonds. The van der Waals surface area contributed by atoms with Crippen molar-refractivity contribution in [2.24, 2.45) is 0 Å². The molecule has 3 rings (SSSR count). The van der Waals surface area contributed by atoms with E-state index >= 15 is 0 Å². The molecule has 0 unspecified atom stereocenters. The number of sulfonamides is 1. The van der Waals surface area contributed by atoms with E-state index < -0.39 is 27.8 Å². The number of methoxy groups -OCH3 is 1. The van der Waals surface area contributed by atoms with Gasteiger partial charge in [-0.1, -0.05) is 36.4 Å². The number of nitrogens with zero attached hydrogens (tertiary/aromatic N) is 1. The second-order valence-electron chi connectivity index (χ2n) is 7.23. The number of esters is 1. The lowest BCUT2D eigenvalue weighted by Gasteiger charge is -2.09. The molecule has 0 spiro atoms. The third-order valence-electron chi connectivity index (χ3n) is 4.82. The fourth-order valence-corrected chi connectivity index (χ4v) is 4.06. The zero-order valence-corrected chi connectivity index (χ0v) is 19.2. The molecule has 34 heavy (non-hydrogen) atoms. The van der Waals surface area contributed by atoms with Crippen LogP contribution in [0.2, 0.25) is 0 Å². The van der Waals surface area contributed by atoms with E-state index in [1.807, 2.05) is 35.1 Å². The summed E-state index contributed by atoms with van der Waals surface area (Å²) in [6.45, 7) is 0.427. The van der Waals surface area contributed by atoms with E-state index in [1.54, 1.807) is 0 Å². The van der Waals surface area contributed by atoms with Crippen molar-refractivity contribution in [2.75, 3.05) is 13.7 Å². The number of aryl methyl sites for hydroxylation is 1. The van der Waals surface area contributed by atoms with Gasteiger partial charge in [0.05, 0.1) is 17.6 Å². The molecular weight excluding hydrogens is 458 g/mol. The minimum atomic E-state index is -4.25. The van der Waals surface area contributed by atoms with E-state index in [9.17, 15) is 22.8 Å². The second kappa shape index (κ2) is 11.2. The number of hydrogen-bond donors (Lipinski definition) is 2. The van der Waals surface area contributed by atoms with Gasteiger partial charge in [0, 0.05) is 18.3 Å². The summed E-state index contributed by atoms with van der Waals surface area (Å²) in [5.41, 5.74) is 1.22. The van der Waals surface area contributed by atoms with Crippen molar-refractivity contribution in [1.29, 1.82) is 0 Å². The van der Waals surface area contributed by atoms with Crippen LogP contribution < -0.4 is 10.0 Å². The normalized spacial score (nSPS) is 10.9. The van der Waals surface area contributed by atoms with Crippen molar-refractivity contribution >= 4 is 27.8 Å². The Morgan fingerprint density at radius 3 is 2.35 bits per heavy atom. The Morgan fingerprint density at radius 1 is 0.912 bits per heavy atom. The summed E-state index contributed by atoms with van der Waals surface area (Å²) in [5.74, 6) is -2.03. The number of ether oxygens (including phenoxy) is 1. The quantitative estimate of drug-likeness (QED) is 0.354. The maximum absolute atomic E-state index is 12.7. The summed E-state index contributed by atoms with van der Waals surface area (Å²) in [6.07, 6.45) is 2.60. The van der Waals surface area contributed by atoms with Gasteiger partial charge in [-0.05, 0) is 48.7 Å². The molecule has 2 N–H and O–H groups in total. The lowest BCUT2D eigenvalue weighted by Crippen LogP contribution is -2.31. The highest BCUT2D eigenvalue weighted by Gasteiger charge is 2.21. The molecule has 0 aliphatic heterocycles. The molecule has 10 heteroatoms. The average Bonchev–Trinajstić information content (AvgIpc) is 2.86. The molecule has 0 fully saturated rings. The fourth-order valence-electron chi connectivity index (χ4n) is 3.04. The van der Waals surface area contributed by atoms with E-state index in [-0.39, 0.29) is 21.7 Å². The standard InChI is InChI=1S/C24H23N3O6S/c1-33-24(30)21-13-12-19(16-26-21)23(29)27-34(31,32)20-11-5-10-18(15-20)22(28)25-14-6-9-17-7-3-2-4-8-17/h2-5,7-8,10-13,15-16H,6,9,14H2,1H3,(H,25,28)(H,27,29). The summed E-state index contributed by atoms with van der Waals surface area (Å²) in [4.78, 5) is 39.8. The highest BCUT2D eigenvalue weighted by atomic mass is 32.2. The number of amides is 2. The number of hydrogen-bond acceptors (Lipinski definition) is 7. The van der Waals surface area contributed by atoms with Gasteiger partial charge in [0.15, 0.2) is 0 Å². The first kappa shape index (κ1) is 24.6. The van der Waals surface area contributed by atoms with Gasteiger partial charge in [-0.2, -0.15) is 0 Å². The Bertz CT molecular complexity index is 1280. The topological polar surface area (TPSA) is 132 Å². The van der Waals surface area contributed by atoms with Crippen LogP contribution in [0.15, 0.2) is 77.8 Å². The van der Waals surface area contributed by atoms with Crippen molar-refractivity contribution in [3.63, 3.8) is 0 Å². The lowest BCUT2D eigenvalue weighted by molar-refractivity contribution is 0.0593. The van der Waals surface area contributed by atoms with E-state index in [2.05, 4.69) is 15.0 Å². The molecule has 0 aliphatic carbocycles. The summed E-state index contributed by atoms with van der Waals surface area (Å²) in [5, 5.41) is 2.77. The number of pyridine rings is 1. The van der Waals surface area contributed by atoms with Crippen molar-refractivity contribution in [1.82, 2.24) is 15.0 Å². The number of nitrogens with one attached hydrogen (secondary N) is 2. The van der Waals surface area contributed by atoms with Gasteiger partial charge in [-0.25, -0.2) is 22.9 Å². The highest BCUT2D eigenvalue weighted by Crippen LogP contribution is 2.13. The number of rotatable bonds is 9. The predicted molar refractivity (Wildman–Crippen MR) is 124 cm³/mol. The van der Waals surface area contributed by atoms with Gasteiger partial charge in [-0.15, -0.1) is 0 Å². The Morgan fingerprint density at radius 2 is 1.68 bits per heavy atom. The van der Waals surface area contributed by atoms with E-state index in [0.717, 1.165) is 24.6 Å². The van der Waals surface area contributed by atoms with Crippen LogP contribution >= 0.6 is 0 Å². The Hall–Kier alpha value is -4.05. The summed E-state index contributed by atoms with van der Waals surface area (Å²) < 4.78 is 31.8. The van der Waals surface area contributed by atoms with Crippen LogP contribution in [0.25, 0.3) is 0 Å². The number of carbonyl (C=O) groups is 3. The molecule has 0 bridgehead atoms. The first-order chi connectivity index (χ1) is 16.3. The first-order valence-electron chi connectivity index (χ1n) is 10.3. The fraction of sp³-hybridized carbons (Fsp3) is 0.167. The third-order valence-corrected chi connectivity index (χ3v) is 6.15. The summed E-state index contributed by atoms with van der Waals surface area (Å²) >= 11 is 0. The van der Waals surface area contributed by atoms with Crippen molar-refractivity contribution in [2.45, 2.75) is 17.7 Å². The Kier molecular flexibility index (Phi) is 8.10. The lowest BCUT2D eigenvalue weighted by atomic mass is 10.1. The molecule has 1 heterocycles. The van der Waals surface area contributed by atoms with Gasteiger partial charge in [-0.3, -0.25) is 9.59 Å². The molecule has 9 nitrogen and oxygen atoms in total. The van der Waals surface area contributed by atoms with Crippen molar-refractivity contribution in [3.05, 3.63) is 95.3 Å². The molecule has 0 aliphatic rings. The predicted octanol–water partition coefficient (Wildman–Crippen LogP) is 2.35. The first-order valence-corrected chi connectivity index (χ1v) is 11.8. The maximum Gasteiger partial charge on any atom is 0.356 e.